The van der Waals surface area contributed by atoms with Crippen LogP contribution in [0.4, 0.5) is 5.69 Å². The molecule has 0 spiro atoms. The van der Waals surface area contributed by atoms with Gasteiger partial charge in [0.2, 0.25) is 11.8 Å². The highest BCUT2D eigenvalue weighted by Crippen LogP contribution is 2.27. The molecule has 0 aliphatic carbocycles. The molecular weight excluding hydrogens is 404 g/mol. The Morgan fingerprint density at radius 1 is 1.03 bits per heavy atom. The molecule has 1 atom stereocenters. The van der Waals surface area contributed by atoms with E-state index < -0.39 is 0 Å². The maximum absolute atomic E-state index is 13.1. The van der Waals surface area contributed by atoms with Crippen molar-refractivity contribution in [2.75, 3.05) is 77.0 Å². The van der Waals surface area contributed by atoms with Gasteiger partial charge in [-0.25, -0.2) is 0 Å². The summed E-state index contributed by atoms with van der Waals surface area (Å²) in [5.41, 5.74) is 1.03. The summed E-state index contributed by atoms with van der Waals surface area (Å²) in [5.74, 6) is 0.285. The third-order valence-electron chi connectivity index (χ3n) is 6.42. The summed E-state index contributed by atoms with van der Waals surface area (Å²) < 4.78 is 5.39. The Balaban J connectivity index is 1.28. The molecule has 7 nitrogen and oxygen atoms in total. The molecule has 1 aromatic rings. The molecule has 0 bridgehead atoms. The lowest BCUT2D eigenvalue weighted by Gasteiger charge is -2.40. The summed E-state index contributed by atoms with van der Waals surface area (Å²) in [6, 6.07) is 7.85. The van der Waals surface area contributed by atoms with Crippen LogP contribution in [0.3, 0.4) is 0 Å². The minimum atomic E-state index is -0.0840. The summed E-state index contributed by atoms with van der Waals surface area (Å²) in [6.07, 6.45) is 1.13. The van der Waals surface area contributed by atoms with Crippen LogP contribution in [0.15, 0.2) is 24.3 Å². The van der Waals surface area contributed by atoms with Gasteiger partial charge >= 0.3 is 0 Å². The Morgan fingerprint density at radius 2 is 1.77 bits per heavy atom. The number of halogens is 1. The summed E-state index contributed by atoms with van der Waals surface area (Å²) in [7, 11) is 0. The van der Waals surface area contributed by atoms with Crippen molar-refractivity contribution in [3.8, 4) is 0 Å². The van der Waals surface area contributed by atoms with Gasteiger partial charge in [-0.05, 0) is 18.6 Å². The summed E-state index contributed by atoms with van der Waals surface area (Å²) in [5, 5.41) is 0.749. The van der Waals surface area contributed by atoms with Crippen LogP contribution in [-0.4, -0.2) is 98.6 Å². The third-order valence-corrected chi connectivity index (χ3v) is 6.74. The van der Waals surface area contributed by atoms with Crippen molar-refractivity contribution in [1.29, 1.82) is 0 Å². The second kappa shape index (κ2) is 9.98. The quantitative estimate of drug-likeness (QED) is 0.704. The first kappa shape index (κ1) is 21.4. The van der Waals surface area contributed by atoms with E-state index >= 15 is 0 Å². The van der Waals surface area contributed by atoms with Gasteiger partial charge in [0.15, 0.2) is 0 Å². The lowest BCUT2D eigenvalue weighted by molar-refractivity contribution is -0.143. The molecule has 3 saturated heterocycles. The molecule has 3 heterocycles. The predicted molar refractivity (Wildman–Crippen MR) is 117 cm³/mol. The normalized spacial score (nSPS) is 23.7. The molecule has 2 amide bonds. The molecule has 1 aromatic carbocycles. The fourth-order valence-electron chi connectivity index (χ4n) is 4.55. The standard InChI is InChI=1S/C22H31ClN4O3/c23-19-3-1-2-4-20(19)25-9-11-26(12-10-25)22(29)18-5-6-21(28)27(17-18)8-7-24-13-15-30-16-14-24/h1-4,18H,5-17H2. The van der Waals surface area contributed by atoms with Gasteiger partial charge in [-0.2, -0.15) is 0 Å². The molecule has 0 aromatic heterocycles. The van der Waals surface area contributed by atoms with Crippen molar-refractivity contribution < 1.29 is 14.3 Å². The van der Waals surface area contributed by atoms with E-state index in [0.717, 1.165) is 56.6 Å². The largest absolute Gasteiger partial charge is 0.379 e. The molecule has 4 rings (SSSR count). The monoisotopic (exact) mass is 434 g/mol. The number of likely N-dealkylation sites (tertiary alicyclic amines) is 1. The number of morpholine rings is 1. The van der Waals surface area contributed by atoms with Gasteiger partial charge in [0.1, 0.15) is 0 Å². The number of rotatable bonds is 5. The van der Waals surface area contributed by atoms with Crippen molar-refractivity contribution >= 4 is 29.1 Å². The number of nitrogens with zero attached hydrogens (tertiary/aromatic N) is 4. The average molecular weight is 435 g/mol. The highest BCUT2D eigenvalue weighted by Gasteiger charge is 2.34. The number of anilines is 1. The molecule has 30 heavy (non-hydrogen) atoms. The topological polar surface area (TPSA) is 56.3 Å². The molecule has 1 unspecified atom stereocenters. The SMILES string of the molecule is O=C1CCC(C(=O)N2CCN(c3ccccc3Cl)CC2)CN1CCN1CCOCC1. The molecule has 3 aliphatic heterocycles. The maximum Gasteiger partial charge on any atom is 0.227 e. The second-order valence-corrected chi connectivity index (χ2v) is 8.70. The van der Waals surface area contributed by atoms with Crippen LogP contribution in [0.1, 0.15) is 12.8 Å². The summed E-state index contributed by atoms with van der Waals surface area (Å²) in [4.78, 5) is 33.9. The highest BCUT2D eigenvalue weighted by molar-refractivity contribution is 6.33. The van der Waals surface area contributed by atoms with Crippen molar-refractivity contribution in [3.05, 3.63) is 29.3 Å². The third kappa shape index (κ3) is 5.07. The van der Waals surface area contributed by atoms with Crippen LogP contribution in [-0.2, 0) is 14.3 Å². The number of carbonyl (C=O) groups is 2. The molecule has 8 heteroatoms. The van der Waals surface area contributed by atoms with E-state index in [0.29, 0.717) is 39.0 Å². The number of hydrogen-bond donors (Lipinski definition) is 0. The smallest absolute Gasteiger partial charge is 0.227 e. The lowest BCUT2D eigenvalue weighted by Crippen LogP contribution is -2.54. The molecule has 3 aliphatic rings. The van der Waals surface area contributed by atoms with Crippen molar-refractivity contribution in [1.82, 2.24) is 14.7 Å². The first-order valence-corrected chi connectivity index (χ1v) is 11.4. The fraction of sp³-hybridized carbons (Fsp3) is 0.636. The molecule has 0 radical (unpaired) electrons. The van der Waals surface area contributed by atoms with E-state index in [-0.39, 0.29) is 17.7 Å². The summed E-state index contributed by atoms with van der Waals surface area (Å²) >= 11 is 6.32. The zero-order valence-corrected chi connectivity index (χ0v) is 18.2. The van der Waals surface area contributed by atoms with Gasteiger partial charge in [-0.1, -0.05) is 23.7 Å². The minimum absolute atomic E-state index is 0.0840. The van der Waals surface area contributed by atoms with E-state index in [4.69, 9.17) is 16.3 Å². The predicted octanol–water partition coefficient (Wildman–Crippen LogP) is 1.56. The summed E-state index contributed by atoms with van der Waals surface area (Å²) in [6.45, 7) is 8.40. The van der Waals surface area contributed by atoms with Gasteiger partial charge in [0, 0.05) is 65.3 Å². The van der Waals surface area contributed by atoms with Crippen molar-refractivity contribution in [2.24, 2.45) is 5.92 Å². The molecule has 164 valence electrons. The molecule has 0 N–H and O–H groups in total. The van der Waals surface area contributed by atoms with E-state index in [9.17, 15) is 9.59 Å². The van der Waals surface area contributed by atoms with E-state index in [1.54, 1.807) is 0 Å². The average Bonchev–Trinajstić information content (AvgIpc) is 2.79. The number of amides is 2. The highest BCUT2D eigenvalue weighted by atomic mass is 35.5. The Hall–Kier alpha value is -1.83. The number of piperazine rings is 1. The van der Waals surface area contributed by atoms with Crippen LogP contribution in [0.2, 0.25) is 5.02 Å². The first-order valence-electron chi connectivity index (χ1n) is 11.0. The van der Waals surface area contributed by atoms with Crippen molar-refractivity contribution in [2.45, 2.75) is 12.8 Å². The zero-order valence-electron chi connectivity index (χ0n) is 17.5. The van der Waals surface area contributed by atoms with Gasteiger partial charge < -0.3 is 19.4 Å². The Kier molecular flexibility index (Phi) is 7.12. The van der Waals surface area contributed by atoms with Crippen molar-refractivity contribution in [3.63, 3.8) is 0 Å². The molecule has 0 saturated carbocycles. The molecular formula is C22H31ClN4O3. The van der Waals surface area contributed by atoms with Gasteiger partial charge in [-0.15, -0.1) is 0 Å². The lowest BCUT2D eigenvalue weighted by atomic mass is 9.95. The minimum Gasteiger partial charge on any atom is -0.379 e. The molecule has 3 fully saturated rings. The van der Waals surface area contributed by atoms with Gasteiger partial charge in [0.05, 0.1) is 29.8 Å². The van der Waals surface area contributed by atoms with E-state index in [1.165, 1.54) is 0 Å². The Morgan fingerprint density at radius 3 is 2.50 bits per heavy atom. The van der Waals surface area contributed by atoms with Crippen LogP contribution in [0.25, 0.3) is 0 Å². The fourth-order valence-corrected chi connectivity index (χ4v) is 4.81. The van der Waals surface area contributed by atoms with Crippen LogP contribution in [0, 0.1) is 5.92 Å². The number of hydrogen-bond acceptors (Lipinski definition) is 5. The number of ether oxygens (including phenoxy) is 1. The van der Waals surface area contributed by atoms with Crippen LogP contribution < -0.4 is 4.90 Å². The Labute approximate surface area is 183 Å². The number of para-hydroxylation sites is 1. The maximum atomic E-state index is 13.1. The number of benzene rings is 1. The Bertz CT molecular complexity index is 748. The van der Waals surface area contributed by atoms with E-state index in [1.807, 2.05) is 34.1 Å². The second-order valence-electron chi connectivity index (χ2n) is 8.29. The zero-order chi connectivity index (χ0) is 20.9. The first-order chi connectivity index (χ1) is 14.6. The number of carbonyl (C=O) groups excluding carboxylic acids is 2. The van der Waals surface area contributed by atoms with Gasteiger partial charge in [0.25, 0.3) is 0 Å². The van der Waals surface area contributed by atoms with Crippen LogP contribution in [0.5, 0.6) is 0 Å². The van der Waals surface area contributed by atoms with E-state index in [2.05, 4.69) is 9.80 Å². The number of piperidine rings is 1. The van der Waals surface area contributed by atoms with Crippen LogP contribution >= 0.6 is 11.6 Å². The van der Waals surface area contributed by atoms with Gasteiger partial charge in [-0.3, -0.25) is 14.5 Å².